The summed E-state index contributed by atoms with van der Waals surface area (Å²) in [7, 11) is 3.10. The quantitative estimate of drug-likeness (QED) is 0.700. The highest BCUT2D eigenvalue weighted by atomic mass is 16.5. The molecule has 4 amide bonds. The van der Waals surface area contributed by atoms with Gasteiger partial charge in [0.05, 0.1) is 14.2 Å². The predicted octanol–water partition coefficient (Wildman–Crippen LogP) is 2.50. The fourth-order valence-corrected chi connectivity index (χ4v) is 3.30. The van der Waals surface area contributed by atoms with Crippen LogP contribution in [0, 0.1) is 0 Å². The Bertz CT molecular complexity index is 911. The zero-order valence-corrected chi connectivity index (χ0v) is 16.5. The minimum absolute atomic E-state index is 0.348. The minimum atomic E-state index is -1.20. The first-order chi connectivity index (χ1) is 13.9. The van der Waals surface area contributed by atoms with Gasteiger partial charge in [0.25, 0.3) is 5.91 Å². The van der Waals surface area contributed by atoms with Gasteiger partial charge in [0, 0.05) is 5.69 Å². The van der Waals surface area contributed by atoms with E-state index in [0.717, 1.165) is 4.90 Å². The lowest BCUT2D eigenvalue weighted by molar-refractivity contribution is -0.134. The fourth-order valence-electron chi connectivity index (χ4n) is 3.30. The third-order valence-electron chi connectivity index (χ3n) is 4.96. The van der Waals surface area contributed by atoms with E-state index in [1.165, 1.54) is 0 Å². The zero-order valence-electron chi connectivity index (χ0n) is 16.5. The third kappa shape index (κ3) is 3.87. The monoisotopic (exact) mass is 397 g/mol. The van der Waals surface area contributed by atoms with Crippen LogP contribution in [0.3, 0.4) is 0 Å². The number of nitrogens with one attached hydrogen (secondary N) is 2. The van der Waals surface area contributed by atoms with Crippen molar-refractivity contribution in [3.8, 4) is 11.5 Å². The van der Waals surface area contributed by atoms with Crippen molar-refractivity contribution in [2.24, 2.45) is 0 Å². The van der Waals surface area contributed by atoms with E-state index < -0.39 is 23.4 Å². The number of carbonyl (C=O) groups excluding carboxylic acids is 3. The lowest BCUT2D eigenvalue weighted by Gasteiger charge is -2.26. The fraction of sp³-hybridized carbons (Fsp3) is 0.286. The van der Waals surface area contributed by atoms with E-state index in [2.05, 4.69) is 10.6 Å². The Kier molecular flexibility index (Phi) is 5.72. The van der Waals surface area contributed by atoms with Gasteiger partial charge in [-0.05, 0) is 48.4 Å². The number of methoxy groups -OCH3 is 2. The first kappa shape index (κ1) is 20.2. The molecule has 1 fully saturated rings. The summed E-state index contributed by atoms with van der Waals surface area (Å²) in [6.45, 7) is 1.43. The molecule has 1 saturated heterocycles. The lowest BCUT2D eigenvalue weighted by atomic mass is 9.87. The van der Waals surface area contributed by atoms with Gasteiger partial charge in [-0.15, -0.1) is 0 Å². The molecular formula is C21H23N3O5. The van der Waals surface area contributed by atoms with E-state index in [-0.39, 0.29) is 6.54 Å². The number of hydrogen-bond acceptors (Lipinski definition) is 5. The maximum absolute atomic E-state index is 13.1. The number of rotatable bonds is 7. The SMILES string of the molecule is CC[C@@]1(c2ccc(OC)cc2)NC(=O)N(CC(=O)Nc2ccc(OC)cc2)C1=O. The standard InChI is InChI=1S/C21H23N3O5/c1-4-21(14-5-9-16(28-2)10-6-14)19(26)24(20(27)23-21)13-18(25)22-15-7-11-17(29-3)12-8-15/h5-12H,4,13H2,1-3H3,(H,22,25)(H,23,27)/t21-/m0/s1. The van der Waals surface area contributed by atoms with Gasteiger partial charge in [0.1, 0.15) is 23.6 Å². The summed E-state index contributed by atoms with van der Waals surface area (Å²) >= 11 is 0. The lowest BCUT2D eigenvalue weighted by Crippen LogP contribution is -2.44. The van der Waals surface area contributed by atoms with E-state index in [9.17, 15) is 14.4 Å². The van der Waals surface area contributed by atoms with Crippen LogP contribution in [-0.2, 0) is 15.1 Å². The topological polar surface area (TPSA) is 97.0 Å². The van der Waals surface area contributed by atoms with Crippen LogP contribution in [-0.4, -0.2) is 43.5 Å². The maximum atomic E-state index is 13.1. The van der Waals surface area contributed by atoms with Crippen molar-refractivity contribution in [1.29, 1.82) is 0 Å². The normalized spacial score (nSPS) is 18.4. The minimum Gasteiger partial charge on any atom is -0.497 e. The Morgan fingerprint density at radius 2 is 1.55 bits per heavy atom. The molecule has 1 aliphatic rings. The highest BCUT2D eigenvalue weighted by Gasteiger charge is 2.51. The molecule has 8 nitrogen and oxygen atoms in total. The van der Waals surface area contributed by atoms with E-state index in [0.29, 0.717) is 29.2 Å². The second kappa shape index (κ2) is 8.22. The zero-order chi connectivity index (χ0) is 21.0. The molecule has 1 atom stereocenters. The molecule has 0 radical (unpaired) electrons. The number of nitrogens with zero attached hydrogens (tertiary/aromatic N) is 1. The number of urea groups is 1. The summed E-state index contributed by atoms with van der Waals surface area (Å²) in [5.74, 6) is 0.372. The molecule has 8 heteroatoms. The summed E-state index contributed by atoms with van der Waals surface area (Å²) in [5, 5.41) is 5.43. The van der Waals surface area contributed by atoms with Crippen molar-refractivity contribution in [2.45, 2.75) is 18.9 Å². The Morgan fingerprint density at radius 3 is 2.07 bits per heavy atom. The number of anilines is 1. The Morgan fingerprint density at radius 1 is 1.00 bits per heavy atom. The van der Waals surface area contributed by atoms with Gasteiger partial charge in [-0.25, -0.2) is 4.79 Å². The second-order valence-corrected chi connectivity index (χ2v) is 6.59. The van der Waals surface area contributed by atoms with Gasteiger partial charge in [0.2, 0.25) is 5.91 Å². The van der Waals surface area contributed by atoms with Gasteiger partial charge >= 0.3 is 6.03 Å². The number of benzene rings is 2. The molecule has 2 aromatic carbocycles. The molecule has 0 spiro atoms. The number of ether oxygens (including phenoxy) is 2. The molecular weight excluding hydrogens is 374 g/mol. The summed E-state index contributed by atoms with van der Waals surface area (Å²) in [5.41, 5.74) is -0.0269. The van der Waals surface area contributed by atoms with Gasteiger partial charge in [0.15, 0.2) is 0 Å². The van der Waals surface area contributed by atoms with Crippen molar-refractivity contribution in [1.82, 2.24) is 10.2 Å². The number of amides is 4. The van der Waals surface area contributed by atoms with E-state index in [1.807, 2.05) is 6.92 Å². The maximum Gasteiger partial charge on any atom is 0.325 e. The first-order valence-electron chi connectivity index (χ1n) is 9.16. The number of hydrogen-bond donors (Lipinski definition) is 2. The van der Waals surface area contributed by atoms with Crippen molar-refractivity contribution in [3.05, 3.63) is 54.1 Å². The van der Waals surface area contributed by atoms with Gasteiger partial charge in [-0.2, -0.15) is 0 Å². The van der Waals surface area contributed by atoms with Crippen LogP contribution in [0.1, 0.15) is 18.9 Å². The Balaban J connectivity index is 1.75. The molecule has 0 bridgehead atoms. The third-order valence-corrected chi connectivity index (χ3v) is 4.96. The predicted molar refractivity (Wildman–Crippen MR) is 107 cm³/mol. The summed E-state index contributed by atoms with van der Waals surface area (Å²) < 4.78 is 10.2. The van der Waals surface area contributed by atoms with Crippen LogP contribution in [0.5, 0.6) is 11.5 Å². The highest BCUT2D eigenvalue weighted by molar-refractivity contribution is 6.10. The van der Waals surface area contributed by atoms with Crippen molar-refractivity contribution in [2.75, 3.05) is 26.1 Å². The van der Waals surface area contributed by atoms with Crippen molar-refractivity contribution < 1.29 is 23.9 Å². The van der Waals surface area contributed by atoms with Crippen molar-refractivity contribution >= 4 is 23.5 Å². The molecule has 1 aliphatic heterocycles. The largest absolute Gasteiger partial charge is 0.497 e. The van der Waals surface area contributed by atoms with E-state index in [1.54, 1.807) is 62.8 Å². The average molecular weight is 397 g/mol. The first-order valence-corrected chi connectivity index (χ1v) is 9.16. The Hall–Kier alpha value is -3.55. The molecule has 3 rings (SSSR count). The molecule has 0 unspecified atom stereocenters. The van der Waals surface area contributed by atoms with Crippen molar-refractivity contribution in [3.63, 3.8) is 0 Å². The van der Waals surface area contributed by atoms with Crippen LogP contribution < -0.4 is 20.1 Å². The van der Waals surface area contributed by atoms with Crippen LogP contribution in [0.15, 0.2) is 48.5 Å². The molecule has 29 heavy (non-hydrogen) atoms. The van der Waals surface area contributed by atoms with Crippen LogP contribution in [0.4, 0.5) is 10.5 Å². The molecule has 152 valence electrons. The smallest absolute Gasteiger partial charge is 0.325 e. The number of carbonyl (C=O) groups is 3. The number of imide groups is 1. The van der Waals surface area contributed by atoms with Gasteiger partial charge in [-0.1, -0.05) is 19.1 Å². The van der Waals surface area contributed by atoms with Gasteiger partial charge < -0.3 is 20.1 Å². The van der Waals surface area contributed by atoms with Gasteiger partial charge in [-0.3, -0.25) is 14.5 Å². The summed E-state index contributed by atoms with van der Waals surface area (Å²) in [6, 6.07) is 13.1. The Labute approximate surface area is 168 Å². The molecule has 0 aliphatic carbocycles. The van der Waals surface area contributed by atoms with E-state index in [4.69, 9.17) is 9.47 Å². The summed E-state index contributed by atoms with van der Waals surface area (Å²) in [4.78, 5) is 38.9. The average Bonchev–Trinajstić information content (AvgIpc) is 2.99. The van der Waals surface area contributed by atoms with Crippen LogP contribution in [0.2, 0.25) is 0 Å². The second-order valence-electron chi connectivity index (χ2n) is 6.59. The van der Waals surface area contributed by atoms with Crippen LogP contribution >= 0.6 is 0 Å². The molecule has 2 aromatic rings. The van der Waals surface area contributed by atoms with Crippen LogP contribution in [0.25, 0.3) is 0 Å². The highest BCUT2D eigenvalue weighted by Crippen LogP contribution is 2.33. The molecule has 1 heterocycles. The van der Waals surface area contributed by atoms with E-state index >= 15 is 0 Å². The molecule has 2 N–H and O–H groups in total. The summed E-state index contributed by atoms with van der Waals surface area (Å²) in [6.07, 6.45) is 0.348. The molecule has 0 saturated carbocycles. The molecule has 0 aromatic heterocycles.